The molecule has 0 radical (unpaired) electrons. The van der Waals surface area contributed by atoms with Gasteiger partial charge in [0.05, 0.1) is 0 Å². The van der Waals surface area contributed by atoms with Crippen LogP contribution in [0.1, 0.15) is 40.7 Å². The number of hydrogen-bond donors (Lipinski definition) is 2. The average Bonchev–Trinajstić information content (AvgIpc) is 2.56. The lowest BCUT2D eigenvalue weighted by atomic mass is 9.99. The molecule has 3 N–H and O–H groups in total. The van der Waals surface area contributed by atoms with Gasteiger partial charge in [-0.2, -0.15) is 0 Å². The molecule has 0 bridgehead atoms. The first-order valence-electron chi connectivity index (χ1n) is 8.38. The van der Waals surface area contributed by atoms with Gasteiger partial charge in [-0.1, -0.05) is 0 Å². The zero-order valence-corrected chi connectivity index (χ0v) is 14.7. The van der Waals surface area contributed by atoms with E-state index < -0.39 is 5.91 Å². The minimum absolute atomic E-state index is 0.144. The molecule has 2 amide bonds. The molecule has 1 aliphatic heterocycles. The predicted octanol–water partition coefficient (Wildman–Crippen LogP) is 1.52. The Bertz CT molecular complexity index is 610. The summed E-state index contributed by atoms with van der Waals surface area (Å²) in [5.41, 5.74) is 8.82. The van der Waals surface area contributed by atoms with Crippen molar-refractivity contribution in [2.24, 2.45) is 5.73 Å². The Morgan fingerprint density at radius 1 is 1.29 bits per heavy atom. The van der Waals surface area contributed by atoms with E-state index in [1.54, 1.807) is 0 Å². The van der Waals surface area contributed by atoms with Gasteiger partial charge in [0.1, 0.15) is 0 Å². The molecule has 0 aliphatic carbocycles. The molecular formula is C18H27N3O3. The number of aryl methyl sites for hydroxylation is 1. The number of ether oxygens (including phenoxy) is 1. The number of anilines is 1. The number of nitrogens with one attached hydrogen (secondary N) is 1. The normalized spacial score (nSPS) is 15.1. The van der Waals surface area contributed by atoms with Crippen LogP contribution >= 0.6 is 0 Å². The molecule has 0 aromatic heterocycles. The van der Waals surface area contributed by atoms with Crippen LogP contribution < -0.4 is 16.0 Å². The SMILES string of the molecule is Cc1cc(C(=O)NCCC(N)=O)c(C)c(N(C)C2CCOCC2)c1. The fourth-order valence-electron chi connectivity index (χ4n) is 3.11. The summed E-state index contributed by atoms with van der Waals surface area (Å²) in [4.78, 5) is 25.5. The zero-order chi connectivity index (χ0) is 17.7. The van der Waals surface area contributed by atoms with Crippen LogP contribution in [0.25, 0.3) is 0 Å². The molecule has 1 fully saturated rings. The number of rotatable bonds is 6. The predicted molar refractivity (Wildman–Crippen MR) is 94.3 cm³/mol. The van der Waals surface area contributed by atoms with Crippen LogP contribution in [0.5, 0.6) is 0 Å². The Labute approximate surface area is 143 Å². The third-order valence-electron chi connectivity index (χ3n) is 4.54. The molecule has 0 atom stereocenters. The van der Waals surface area contributed by atoms with Gasteiger partial charge in [-0.05, 0) is 49.9 Å². The number of carbonyl (C=O) groups excluding carboxylic acids is 2. The van der Waals surface area contributed by atoms with Crippen LogP contribution in [0.15, 0.2) is 12.1 Å². The van der Waals surface area contributed by atoms with Gasteiger partial charge in [0.2, 0.25) is 5.91 Å². The minimum Gasteiger partial charge on any atom is -0.381 e. The van der Waals surface area contributed by atoms with Crippen LogP contribution in [0.2, 0.25) is 0 Å². The highest BCUT2D eigenvalue weighted by Crippen LogP contribution is 2.28. The summed E-state index contributed by atoms with van der Waals surface area (Å²) in [5, 5.41) is 2.77. The maximum Gasteiger partial charge on any atom is 0.251 e. The van der Waals surface area contributed by atoms with Gasteiger partial charge in [0.25, 0.3) is 5.91 Å². The van der Waals surface area contributed by atoms with Gasteiger partial charge in [-0.25, -0.2) is 0 Å². The number of primary amides is 1. The molecule has 24 heavy (non-hydrogen) atoms. The number of nitrogens with two attached hydrogens (primary N) is 1. The van der Waals surface area contributed by atoms with Crippen molar-refractivity contribution in [1.29, 1.82) is 0 Å². The quantitative estimate of drug-likeness (QED) is 0.827. The van der Waals surface area contributed by atoms with E-state index in [4.69, 9.17) is 10.5 Å². The summed E-state index contributed by atoms with van der Waals surface area (Å²) in [5.74, 6) is -0.588. The summed E-state index contributed by atoms with van der Waals surface area (Å²) in [6.45, 7) is 5.77. The summed E-state index contributed by atoms with van der Waals surface area (Å²) in [6, 6.07) is 4.42. The van der Waals surface area contributed by atoms with E-state index in [9.17, 15) is 9.59 Å². The van der Waals surface area contributed by atoms with Crippen molar-refractivity contribution in [1.82, 2.24) is 5.32 Å². The Hall–Kier alpha value is -2.08. The van der Waals surface area contributed by atoms with E-state index >= 15 is 0 Å². The lowest BCUT2D eigenvalue weighted by Crippen LogP contribution is -2.37. The molecule has 1 aromatic carbocycles. The second kappa shape index (κ2) is 8.15. The van der Waals surface area contributed by atoms with E-state index in [1.165, 1.54) is 0 Å². The number of amides is 2. The van der Waals surface area contributed by atoms with Crippen LogP contribution in [0.3, 0.4) is 0 Å². The minimum atomic E-state index is -0.420. The first-order valence-corrected chi connectivity index (χ1v) is 8.38. The van der Waals surface area contributed by atoms with Crippen LogP contribution in [0, 0.1) is 13.8 Å². The molecule has 0 saturated carbocycles. The fourth-order valence-corrected chi connectivity index (χ4v) is 3.11. The number of hydrogen-bond acceptors (Lipinski definition) is 4. The summed E-state index contributed by atoms with van der Waals surface area (Å²) < 4.78 is 5.44. The number of carbonyl (C=O) groups is 2. The molecule has 1 aromatic rings. The Morgan fingerprint density at radius 3 is 2.58 bits per heavy atom. The summed E-state index contributed by atoms with van der Waals surface area (Å²) in [7, 11) is 2.08. The van der Waals surface area contributed by atoms with Crippen LogP contribution in [-0.2, 0) is 9.53 Å². The molecule has 6 nitrogen and oxygen atoms in total. The van der Waals surface area contributed by atoms with Gasteiger partial charge < -0.3 is 20.7 Å². The third-order valence-corrected chi connectivity index (χ3v) is 4.54. The summed E-state index contributed by atoms with van der Waals surface area (Å²) >= 11 is 0. The standard InChI is InChI=1S/C18H27N3O3/c1-12-10-15(18(23)20-7-4-17(19)22)13(2)16(11-12)21(3)14-5-8-24-9-6-14/h10-11,14H,4-9H2,1-3H3,(H2,19,22)(H,20,23). The maximum atomic E-state index is 12.4. The average molecular weight is 333 g/mol. The van der Waals surface area contributed by atoms with Crippen molar-refractivity contribution in [2.45, 2.75) is 39.2 Å². The Balaban J connectivity index is 2.19. The first kappa shape index (κ1) is 18.3. The molecule has 1 heterocycles. The van der Waals surface area contributed by atoms with E-state index in [2.05, 4.69) is 23.3 Å². The van der Waals surface area contributed by atoms with E-state index in [0.717, 1.165) is 42.9 Å². The molecule has 6 heteroatoms. The van der Waals surface area contributed by atoms with Gasteiger partial charge >= 0.3 is 0 Å². The van der Waals surface area contributed by atoms with Crippen molar-refractivity contribution in [3.63, 3.8) is 0 Å². The van der Waals surface area contributed by atoms with E-state index in [-0.39, 0.29) is 18.9 Å². The van der Waals surface area contributed by atoms with Gasteiger partial charge in [-0.3, -0.25) is 9.59 Å². The van der Waals surface area contributed by atoms with Crippen molar-refractivity contribution >= 4 is 17.5 Å². The lowest BCUT2D eigenvalue weighted by Gasteiger charge is -2.34. The third kappa shape index (κ3) is 4.47. The van der Waals surface area contributed by atoms with E-state index in [0.29, 0.717) is 11.6 Å². The monoisotopic (exact) mass is 333 g/mol. The number of benzene rings is 1. The highest BCUT2D eigenvalue weighted by molar-refractivity contribution is 5.97. The van der Waals surface area contributed by atoms with Crippen molar-refractivity contribution in [2.75, 3.05) is 31.7 Å². The summed E-state index contributed by atoms with van der Waals surface area (Å²) in [6.07, 6.45) is 2.12. The van der Waals surface area contributed by atoms with Crippen molar-refractivity contribution in [3.8, 4) is 0 Å². The lowest BCUT2D eigenvalue weighted by molar-refractivity contribution is -0.117. The largest absolute Gasteiger partial charge is 0.381 e. The van der Waals surface area contributed by atoms with Crippen LogP contribution in [-0.4, -0.2) is 44.7 Å². The Kier molecular flexibility index (Phi) is 6.20. The van der Waals surface area contributed by atoms with E-state index in [1.807, 2.05) is 19.9 Å². The second-order valence-corrected chi connectivity index (χ2v) is 6.38. The molecule has 132 valence electrons. The molecular weight excluding hydrogens is 306 g/mol. The molecule has 1 aliphatic rings. The molecule has 1 saturated heterocycles. The van der Waals surface area contributed by atoms with Gasteiger partial charge in [0, 0.05) is 50.5 Å². The fraction of sp³-hybridized carbons (Fsp3) is 0.556. The first-order chi connectivity index (χ1) is 11.4. The van der Waals surface area contributed by atoms with Gasteiger partial charge in [0.15, 0.2) is 0 Å². The molecule has 0 unspecified atom stereocenters. The van der Waals surface area contributed by atoms with Gasteiger partial charge in [-0.15, -0.1) is 0 Å². The highest BCUT2D eigenvalue weighted by atomic mass is 16.5. The molecule has 0 spiro atoms. The topological polar surface area (TPSA) is 84.7 Å². The molecule has 2 rings (SSSR count). The Morgan fingerprint density at radius 2 is 1.96 bits per heavy atom. The van der Waals surface area contributed by atoms with Crippen LogP contribution in [0.4, 0.5) is 5.69 Å². The zero-order valence-electron chi connectivity index (χ0n) is 14.7. The van der Waals surface area contributed by atoms with Crippen molar-refractivity contribution in [3.05, 3.63) is 28.8 Å². The maximum absolute atomic E-state index is 12.4. The second-order valence-electron chi connectivity index (χ2n) is 6.38. The van der Waals surface area contributed by atoms with Crippen molar-refractivity contribution < 1.29 is 14.3 Å². The number of nitrogens with zero attached hydrogens (tertiary/aromatic N) is 1. The highest BCUT2D eigenvalue weighted by Gasteiger charge is 2.22. The smallest absolute Gasteiger partial charge is 0.251 e.